The Morgan fingerprint density at radius 3 is 2.84 bits per heavy atom. The van der Waals surface area contributed by atoms with E-state index in [2.05, 4.69) is 67.2 Å². The molecule has 3 rings (SSSR count). The molecule has 1 fully saturated rings. The second-order valence-electron chi connectivity index (χ2n) is 7.50. The van der Waals surface area contributed by atoms with E-state index in [1.165, 1.54) is 16.7 Å². The lowest BCUT2D eigenvalue weighted by atomic mass is 10.1. The number of aromatic nitrogens is 2. The van der Waals surface area contributed by atoms with Crippen molar-refractivity contribution in [3.8, 4) is 5.69 Å². The van der Waals surface area contributed by atoms with Crippen LogP contribution in [0.2, 0.25) is 0 Å². The summed E-state index contributed by atoms with van der Waals surface area (Å²) in [4.78, 5) is 4.73. The fourth-order valence-electron chi connectivity index (χ4n) is 3.43. The van der Waals surface area contributed by atoms with Crippen LogP contribution in [0.4, 0.5) is 0 Å². The van der Waals surface area contributed by atoms with Crippen LogP contribution in [0.5, 0.6) is 0 Å². The van der Waals surface area contributed by atoms with Crippen LogP contribution in [0.15, 0.2) is 30.6 Å². The molecule has 5 nitrogen and oxygen atoms in total. The fraction of sp³-hybridized carbons (Fsp3) is 0.550. The van der Waals surface area contributed by atoms with Crippen molar-refractivity contribution < 1.29 is 4.74 Å². The molecule has 0 bridgehead atoms. The summed E-state index contributed by atoms with van der Waals surface area (Å²) in [5, 5.41) is 4.56. The summed E-state index contributed by atoms with van der Waals surface area (Å²) in [6, 6.07) is 6.48. The fourth-order valence-corrected chi connectivity index (χ4v) is 3.43. The van der Waals surface area contributed by atoms with E-state index < -0.39 is 0 Å². The Hall–Kier alpha value is -1.69. The van der Waals surface area contributed by atoms with Gasteiger partial charge in [-0.3, -0.25) is 4.90 Å². The van der Waals surface area contributed by atoms with Gasteiger partial charge in [0.2, 0.25) is 0 Å². The van der Waals surface area contributed by atoms with Gasteiger partial charge in [-0.25, -0.2) is 4.68 Å². The highest BCUT2D eigenvalue weighted by Gasteiger charge is 2.19. The average Bonchev–Trinajstić information content (AvgIpc) is 2.91. The summed E-state index contributed by atoms with van der Waals surface area (Å²) in [6.07, 6.45) is 4.14. The van der Waals surface area contributed by atoms with Gasteiger partial charge < -0.3 is 9.64 Å². The molecule has 25 heavy (non-hydrogen) atoms. The van der Waals surface area contributed by atoms with Crippen molar-refractivity contribution in [1.29, 1.82) is 0 Å². The Morgan fingerprint density at radius 1 is 1.24 bits per heavy atom. The highest BCUT2D eigenvalue weighted by Crippen LogP contribution is 2.16. The Labute approximate surface area is 151 Å². The lowest BCUT2D eigenvalue weighted by Crippen LogP contribution is -2.34. The maximum Gasteiger partial charge on any atom is 0.0648 e. The standard InChI is InChI=1S/C20H30N4O/c1-16-5-6-20(9-17(16)2)24-14-18(10-21-24)12-23-7-8-25-15-19(13-23)11-22(3)4/h5-6,9-10,14,19H,7-8,11-13,15H2,1-4H3/t19-/m0/s1. The van der Waals surface area contributed by atoms with Gasteiger partial charge >= 0.3 is 0 Å². The van der Waals surface area contributed by atoms with Crippen LogP contribution in [0.25, 0.3) is 5.69 Å². The third-order valence-electron chi connectivity index (χ3n) is 4.84. The van der Waals surface area contributed by atoms with Crippen molar-refractivity contribution in [2.45, 2.75) is 20.4 Å². The van der Waals surface area contributed by atoms with Gasteiger partial charge in [0.25, 0.3) is 0 Å². The van der Waals surface area contributed by atoms with Crippen molar-refractivity contribution in [1.82, 2.24) is 19.6 Å². The van der Waals surface area contributed by atoms with Crippen LogP contribution in [-0.4, -0.2) is 66.5 Å². The molecule has 0 spiro atoms. The van der Waals surface area contributed by atoms with Crippen molar-refractivity contribution in [3.05, 3.63) is 47.3 Å². The first-order valence-corrected chi connectivity index (χ1v) is 9.07. The van der Waals surface area contributed by atoms with E-state index in [4.69, 9.17) is 4.74 Å². The first kappa shape index (κ1) is 18.1. The van der Waals surface area contributed by atoms with Crippen LogP contribution in [0.3, 0.4) is 0 Å². The van der Waals surface area contributed by atoms with Crippen molar-refractivity contribution in [2.75, 3.05) is 46.9 Å². The van der Waals surface area contributed by atoms with Crippen LogP contribution >= 0.6 is 0 Å². The molecule has 1 aliphatic heterocycles. The van der Waals surface area contributed by atoms with Gasteiger partial charge in [-0.2, -0.15) is 5.10 Å². The van der Waals surface area contributed by atoms with Gasteiger partial charge in [0.05, 0.1) is 25.1 Å². The van der Waals surface area contributed by atoms with Crippen molar-refractivity contribution in [3.63, 3.8) is 0 Å². The number of nitrogens with zero attached hydrogens (tertiary/aromatic N) is 4. The smallest absolute Gasteiger partial charge is 0.0648 e. The van der Waals surface area contributed by atoms with E-state index in [0.29, 0.717) is 5.92 Å². The molecule has 1 aromatic carbocycles. The van der Waals surface area contributed by atoms with E-state index in [1.807, 2.05) is 10.9 Å². The number of ether oxygens (including phenoxy) is 1. The molecule has 5 heteroatoms. The van der Waals surface area contributed by atoms with Crippen LogP contribution in [-0.2, 0) is 11.3 Å². The van der Waals surface area contributed by atoms with E-state index in [-0.39, 0.29) is 0 Å². The molecule has 0 unspecified atom stereocenters. The molecule has 2 heterocycles. The minimum atomic E-state index is 0.562. The predicted molar refractivity (Wildman–Crippen MR) is 101 cm³/mol. The monoisotopic (exact) mass is 342 g/mol. The van der Waals surface area contributed by atoms with Gasteiger partial charge in [0, 0.05) is 43.9 Å². The highest BCUT2D eigenvalue weighted by atomic mass is 16.5. The van der Waals surface area contributed by atoms with Crippen LogP contribution in [0, 0.1) is 19.8 Å². The molecular formula is C20H30N4O. The average molecular weight is 342 g/mol. The highest BCUT2D eigenvalue weighted by molar-refractivity contribution is 5.39. The summed E-state index contributed by atoms with van der Waals surface area (Å²) >= 11 is 0. The molecule has 1 aromatic heterocycles. The van der Waals surface area contributed by atoms with Crippen LogP contribution in [0.1, 0.15) is 16.7 Å². The third-order valence-corrected chi connectivity index (χ3v) is 4.84. The lowest BCUT2D eigenvalue weighted by Gasteiger charge is -2.24. The first-order chi connectivity index (χ1) is 12.0. The largest absolute Gasteiger partial charge is 0.380 e. The van der Waals surface area contributed by atoms with E-state index in [1.54, 1.807) is 0 Å². The summed E-state index contributed by atoms with van der Waals surface area (Å²) < 4.78 is 7.77. The molecule has 0 saturated carbocycles. The maximum atomic E-state index is 5.79. The second kappa shape index (κ2) is 8.13. The predicted octanol–water partition coefficient (Wildman–Crippen LogP) is 2.50. The number of aryl methyl sites for hydroxylation is 2. The molecule has 0 aliphatic carbocycles. The van der Waals surface area contributed by atoms with Gasteiger partial charge in [-0.15, -0.1) is 0 Å². The number of rotatable bonds is 5. The lowest BCUT2D eigenvalue weighted by molar-refractivity contribution is 0.112. The number of benzene rings is 1. The molecule has 1 atom stereocenters. The van der Waals surface area contributed by atoms with Crippen LogP contribution < -0.4 is 0 Å². The summed E-state index contributed by atoms with van der Waals surface area (Å²) in [5.41, 5.74) is 4.99. The molecule has 1 saturated heterocycles. The van der Waals surface area contributed by atoms with Crippen molar-refractivity contribution in [2.24, 2.45) is 5.92 Å². The quantitative estimate of drug-likeness (QED) is 0.836. The minimum Gasteiger partial charge on any atom is -0.380 e. The molecule has 0 radical (unpaired) electrons. The van der Waals surface area contributed by atoms with E-state index >= 15 is 0 Å². The van der Waals surface area contributed by atoms with Gasteiger partial charge in [0.1, 0.15) is 0 Å². The van der Waals surface area contributed by atoms with Gasteiger partial charge in [-0.05, 0) is 51.2 Å². The number of hydrogen-bond acceptors (Lipinski definition) is 4. The molecule has 1 aliphatic rings. The van der Waals surface area contributed by atoms with Gasteiger partial charge in [0.15, 0.2) is 0 Å². The van der Waals surface area contributed by atoms with Crippen molar-refractivity contribution >= 4 is 0 Å². The topological polar surface area (TPSA) is 33.5 Å². The minimum absolute atomic E-state index is 0.562. The van der Waals surface area contributed by atoms with E-state index in [0.717, 1.165) is 45.1 Å². The molecular weight excluding hydrogens is 312 g/mol. The second-order valence-corrected chi connectivity index (χ2v) is 7.50. The zero-order valence-corrected chi connectivity index (χ0v) is 15.9. The van der Waals surface area contributed by atoms with E-state index in [9.17, 15) is 0 Å². The number of hydrogen-bond donors (Lipinski definition) is 0. The Balaban J connectivity index is 1.66. The SMILES string of the molecule is Cc1ccc(-n2cc(CN3CCOC[C@@H](CN(C)C)C3)cn2)cc1C. The summed E-state index contributed by atoms with van der Waals surface area (Å²) in [6.45, 7) is 10.0. The molecule has 0 N–H and O–H groups in total. The molecule has 2 aromatic rings. The maximum absolute atomic E-state index is 5.79. The zero-order chi connectivity index (χ0) is 17.8. The molecule has 136 valence electrons. The zero-order valence-electron chi connectivity index (χ0n) is 15.9. The summed E-state index contributed by atoms with van der Waals surface area (Å²) in [5.74, 6) is 0.562. The van der Waals surface area contributed by atoms with Gasteiger partial charge in [-0.1, -0.05) is 6.07 Å². The Morgan fingerprint density at radius 2 is 2.08 bits per heavy atom. The normalized spacial score (nSPS) is 19.3. The summed E-state index contributed by atoms with van der Waals surface area (Å²) in [7, 11) is 4.26. The molecule has 0 amide bonds. The Kier molecular flexibility index (Phi) is 5.89. The Bertz CT molecular complexity index is 695. The third kappa shape index (κ3) is 4.91. The first-order valence-electron chi connectivity index (χ1n) is 9.07.